The number of hydrogen-bond acceptors (Lipinski definition) is 4. The van der Waals surface area contributed by atoms with E-state index in [0.717, 1.165) is 12.8 Å². The lowest BCUT2D eigenvalue weighted by Crippen LogP contribution is -2.47. The molecule has 5 nitrogen and oxygen atoms in total. The van der Waals surface area contributed by atoms with Gasteiger partial charge in [-0.1, -0.05) is 13.8 Å². The summed E-state index contributed by atoms with van der Waals surface area (Å²) in [7, 11) is -3.18. The summed E-state index contributed by atoms with van der Waals surface area (Å²) in [4.78, 5) is 0. The number of rotatable bonds is 7. The van der Waals surface area contributed by atoms with Gasteiger partial charge >= 0.3 is 0 Å². The highest BCUT2D eigenvalue weighted by atomic mass is 32.2. The van der Waals surface area contributed by atoms with E-state index in [1.54, 1.807) is 11.2 Å². The van der Waals surface area contributed by atoms with Gasteiger partial charge in [-0.05, 0) is 26.7 Å². The van der Waals surface area contributed by atoms with E-state index in [-0.39, 0.29) is 11.4 Å². The van der Waals surface area contributed by atoms with Crippen LogP contribution in [0, 0.1) is 0 Å². The summed E-state index contributed by atoms with van der Waals surface area (Å²) in [5.41, 5.74) is 0. The van der Waals surface area contributed by atoms with Crippen molar-refractivity contribution in [1.82, 2.24) is 9.62 Å². The Kier molecular flexibility index (Phi) is 6.73. The minimum Gasteiger partial charge on any atom is -0.378 e. The van der Waals surface area contributed by atoms with Crippen molar-refractivity contribution in [1.29, 1.82) is 0 Å². The molecule has 1 rings (SSSR count). The Morgan fingerprint density at radius 3 is 2.32 bits per heavy atom. The fourth-order valence-electron chi connectivity index (χ4n) is 2.25. The van der Waals surface area contributed by atoms with E-state index in [0.29, 0.717) is 32.3 Å². The van der Waals surface area contributed by atoms with Crippen molar-refractivity contribution in [3.05, 3.63) is 0 Å². The molecule has 1 aliphatic rings. The first-order valence-corrected chi connectivity index (χ1v) is 8.72. The predicted molar refractivity (Wildman–Crippen MR) is 77.7 cm³/mol. The molecule has 0 radical (unpaired) electrons. The Bertz CT molecular complexity index is 349. The zero-order valence-electron chi connectivity index (χ0n) is 12.6. The average molecular weight is 292 g/mol. The molecule has 1 fully saturated rings. The molecular weight excluding hydrogens is 264 g/mol. The van der Waals surface area contributed by atoms with Gasteiger partial charge in [0.05, 0.1) is 11.4 Å². The van der Waals surface area contributed by atoms with E-state index in [2.05, 4.69) is 5.32 Å². The van der Waals surface area contributed by atoms with Crippen LogP contribution >= 0.6 is 0 Å². The number of nitrogens with one attached hydrogen (secondary N) is 1. The van der Waals surface area contributed by atoms with Crippen LogP contribution in [-0.2, 0) is 14.8 Å². The first-order valence-electron chi connectivity index (χ1n) is 7.21. The Morgan fingerprint density at radius 1 is 1.26 bits per heavy atom. The number of nitrogens with zero attached hydrogens (tertiary/aromatic N) is 1. The topological polar surface area (TPSA) is 58.6 Å². The van der Waals surface area contributed by atoms with Gasteiger partial charge in [0.1, 0.15) is 0 Å². The lowest BCUT2D eigenvalue weighted by Gasteiger charge is -2.33. The molecule has 1 aliphatic heterocycles. The molecule has 1 atom stereocenters. The SMILES string of the molecule is CCOC1CCN(S(=O)(=O)C(C)CNC(C)C)CC1. The Labute approximate surface area is 117 Å². The maximum absolute atomic E-state index is 12.4. The number of ether oxygens (including phenoxy) is 1. The quantitative estimate of drug-likeness (QED) is 0.766. The molecule has 0 amide bonds. The molecule has 6 heteroatoms. The van der Waals surface area contributed by atoms with Crippen molar-refractivity contribution in [2.75, 3.05) is 26.2 Å². The van der Waals surface area contributed by atoms with Crippen molar-refractivity contribution in [2.45, 2.75) is 57.9 Å². The number of piperidine rings is 1. The molecule has 19 heavy (non-hydrogen) atoms. The van der Waals surface area contributed by atoms with Gasteiger partial charge in [-0.25, -0.2) is 12.7 Å². The largest absolute Gasteiger partial charge is 0.378 e. The first-order chi connectivity index (χ1) is 8.87. The molecule has 114 valence electrons. The number of sulfonamides is 1. The average Bonchev–Trinajstić information content (AvgIpc) is 2.36. The Hall–Kier alpha value is -0.170. The highest BCUT2D eigenvalue weighted by Crippen LogP contribution is 2.19. The Morgan fingerprint density at radius 2 is 1.84 bits per heavy atom. The molecule has 0 aliphatic carbocycles. The minimum absolute atomic E-state index is 0.223. The normalized spacial score (nSPS) is 20.9. The molecule has 0 aromatic carbocycles. The highest BCUT2D eigenvalue weighted by molar-refractivity contribution is 7.89. The van der Waals surface area contributed by atoms with Crippen LogP contribution in [0.4, 0.5) is 0 Å². The molecule has 0 aromatic rings. The summed E-state index contributed by atoms with van der Waals surface area (Å²) in [6, 6.07) is 0.307. The second-order valence-electron chi connectivity index (χ2n) is 5.47. The molecule has 1 saturated heterocycles. The van der Waals surface area contributed by atoms with Crippen LogP contribution in [-0.4, -0.2) is 56.4 Å². The maximum atomic E-state index is 12.4. The summed E-state index contributed by atoms with van der Waals surface area (Å²) < 4.78 is 32.0. The minimum atomic E-state index is -3.18. The zero-order valence-corrected chi connectivity index (χ0v) is 13.4. The van der Waals surface area contributed by atoms with Crippen molar-refractivity contribution in [3.8, 4) is 0 Å². The third-order valence-electron chi connectivity index (χ3n) is 3.49. The standard InChI is InChI=1S/C13H28N2O3S/c1-5-18-13-6-8-15(9-7-13)19(16,17)12(4)10-14-11(2)3/h11-14H,5-10H2,1-4H3. The van der Waals surface area contributed by atoms with Crippen LogP contribution in [0.15, 0.2) is 0 Å². The molecule has 0 spiro atoms. The summed E-state index contributed by atoms with van der Waals surface area (Å²) in [6.45, 7) is 10.2. The van der Waals surface area contributed by atoms with E-state index < -0.39 is 10.0 Å². The van der Waals surface area contributed by atoms with Crippen LogP contribution in [0.2, 0.25) is 0 Å². The molecular formula is C13H28N2O3S. The monoisotopic (exact) mass is 292 g/mol. The summed E-state index contributed by atoms with van der Waals surface area (Å²) >= 11 is 0. The second kappa shape index (κ2) is 7.57. The van der Waals surface area contributed by atoms with Crippen molar-refractivity contribution in [2.24, 2.45) is 0 Å². The maximum Gasteiger partial charge on any atom is 0.217 e. The van der Waals surface area contributed by atoms with Crippen LogP contribution in [0.5, 0.6) is 0 Å². The lowest BCUT2D eigenvalue weighted by molar-refractivity contribution is 0.0289. The van der Waals surface area contributed by atoms with Crippen molar-refractivity contribution >= 4 is 10.0 Å². The van der Waals surface area contributed by atoms with Gasteiger partial charge in [0.15, 0.2) is 0 Å². The van der Waals surface area contributed by atoms with Gasteiger partial charge in [-0.15, -0.1) is 0 Å². The van der Waals surface area contributed by atoms with Gasteiger partial charge in [0.2, 0.25) is 10.0 Å². The van der Waals surface area contributed by atoms with Crippen LogP contribution in [0.25, 0.3) is 0 Å². The van der Waals surface area contributed by atoms with Gasteiger partial charge in [0.25, 0.3) is 0 Å². The molecule has 0 saturated carbocycles. The van der Waals surface area contributed by atoms with Crippen LogP contribution in [0.1, 0.15) is 40.5 Å². The van der Waals surface area contributed by atoms with E-state index in [9.17, 15) is 8.42 Å². The van der Waals surface area contributed by atoms with Crippen LogP contribution < -0.4 is 5.32 Å². The van der Waals surface area contributed by atoms with Crippen LogP contribution in [0.3, 0.4) is 0 Å². The van der Waals surface area contributed by atoms with Gasteiger partial charge in [-0.2, -0.15) is 0 Å². The number of hydrogen-bond donors (Lipinski definition) is 1. The third-order valence-corrected chi connectivity index (χ3v) is 5.75. The third kappa shape index (κ3) is 5.02. The Balaban J connectivity index is 2.50. The fourth-order valence-corrected chi connectivity index (χ4v) is 3.79. The van der Waals surface area contributed by atoms with Crippen molar-refractivity contribution < 1.29 is 13.2 Å². The summed E-state index contributed by atoms with van der Waals surface area (Å²) in [6.07, 6.45) is 1.83. The van der Waals surface area contributed by atoms with Crippen molar-refractivity contribution in [3.63, 3.8) is 0 Å². The smallest absolute Gasteiger partial charge is 0.217 e. The molecule has 1 heterocycles. The second-order valence-corrected chi connectivity index (χ2v) is 7.82. The van der Waals surface area contributed by atoms with E-state index in [4.69, 9.17) is 4.74 Å². The molecule has 0 bridgehead atoms. The van der Waals surface area contributed by atoms with E-state index in [1.807, 2.05) is 20.8 Å². The van der Waals surface area contributed by atoms with Gasteiger partial charge < -0.3 is 10.1 Å². The summed E-state index contributed by atoms with van der Waals surface area (Å²) in [5.74, 6) is 0. The van der Waals surface area contributed by atoms with Gasteiger partial charge in [0, 0.05) is 32.3 Å². The predicted octanol–water partition coefficient (Wildman–Crippen LogP) is 1.20. The lowest BCUT2D eigenvalue weighted by atomic mass is 10.1. The fraction of sp³-hybridized carbons (Fsp3) is 1.00. The van der Waals surface area contributed by atoms with E-state index >= 15 is 0 Å². The molecule has 0 aromatic heterocycles. The highest BCUT2D eigenvalue weighted by Gasteiger charge is 2.32. The van der Waals surface area contributed by atoms with Gasteiger partial charge in [-0.3, -0.25) is 0 Å². The molecule has 1 unspecified atom stereocenters. The summed E-state index contributed by atoms with van der Waals surface area (Å²) in [5, 5.41) is 2.81. The van der Waals surface area contributed by atoms with E-state index in [1.165, 1.54) is 0 Å². The first kappa shape index (κ1) is 16.9. The molecule has 1 N–H and O–H groups in total. The zero-order chi connectivity index (χ0) is 14.5.